The molecule has 0 radical (unpaired) electrons. The van der Waals surface area contributed by atoms with E-state index in [9.17, 15) is 9.59 Å². The largest absolute Gasteiger partial charge is 0.348 e. The van der Waals surface area contributed by atoms with Gasteiger partial charge in [0.1, 0.15) is 6.29 Å². The maximum atomic E-state index is 10.1. The molecule has 0 aromatic rings. The number of aldehydes is 1. The van der Waals surface area contributed by atoms with Crippen LogP contribution < -0.4 is 0 Å². The van der Waals surface area contributed by atoms with Crippen molar-refractivity contribution >= 4 is 12.7 Å². The first-order chi connectivity index (χ1) is 5.31. The minimum atomic E-state index is 0.644. The minimum Gasteiger partial charge on any atom is -0.348 e. The van der Waals surface area contributed by atoms with Crippen LogP contribution >= 0.6 is 0 Å². The summed E-state index contributed by atoms with van der Waals surface area (Å²) in [5.41, 5.74) is 0. The lowest BCUT2D eigenvalue weighted by Crippen LogP contribution is -2.16. The third kappa shape index (κ3) is 7.03. The van der Waals surface area contributed by atoms with Crippen LogP contribution in [0, 0.1) is 0 Å². The number of hydrogen-bond donors (Lipinski definition) is 0. The van der Waals surface area contributed by atoms with Crippen molar-refractivity contribution in [1.82, 2.24) is 4.90 Å². The molecule has 0 atom stereocenters. The average molecular weight is 157 g/mol. The molecule has 0 bridgehead atoms. The van der Waals surface area contributed by atoms with Crippen molar-refractivity contribution < 1.29 is 9.59 Å². The molecule has 0 rings (SSSR count). The second-order valence-corrected chi connectivity index (χ2v) is 2.60. The standard InChI is InChI=1S/C8H15NO2/c1-9(8-11)6-4-2-3-5-7-10/h7-8H,2-6H2,1H3. The van der Waals surface area contributed by atoms with Gasteiger partial charge in [0.2, 0.25) is 6.41 Å². The fourth-order valence-electron chi connectivity index (χ4n) is 0.818. The number of carbonyl (C=O) groups excluding carboxylic acids is 2. The van der Waals surface area contributed by atoms with Gasteiger partial charge in [0, 0.05) is 20.0 Å². The quantitative estimate of drug-likeness (QED) is 0.405. The molecule has 0 fully saturated rings. The zero-order valence-electron chi connectivity index (χ0n) is 6.95. The summed E-state index contributed by atoms with van der Waals surface area (Å²) in [4.78, 5) is 21.6. The predicted octanol–water partition coefficient (Wildman–Crippen LogP) is 0.834. The van der Waals surface area contributed by atoms with Gasteiger partial charge < -0.3 is 9.69 Å². The van der Waals surface area contributed by atoms with Gasteiger partial charge >= 0.3 is 0 Å². The molecule has 3 heteroatoms. The van der Waals surface area contributed by atoms with E-state index in [1.165, 1.54) is 0 Å². The molecule has 0 spiro atoms. The first-order valence-electron chi connectivity index (χ1n) is 3.90. The van der Waals surface area contributed by atoms with Crippen LogP contribution in [0.3, 0.4) is 0 Å². The fraction of sp³-hybridized carbons (Fsp3) is 0.750. The van der Waals surface area contributed by atoms with E-state index < -0.39 is 0 Å². The second kappa shape index (κ2) is 7.25. The van der Waals surface area contributed by atoms with Crippen LogP contribution in [0.1, 0.15) is 25.7 Å². The molecule has 0 aliphatic rings. The van der Waals surface area contributed by atoms with E-state index in [2.05, 4.69) is 0 Å². The summed E-state index contributed by atoms with van der Waals surface area (Å²) in [7, 11) is 1.76. The van der Waals surface area contributed by atoms with Gasteiger partial charge in [-0.2, -0.15) is 0 Å². The maximum absolute atomic E-state index is 10.1. The molecule has 0 aromatic heterocycles. The number of amides is 1. The summed E-state index contributed by atoms with van der Waals surface area (Å²) >= 11 is 0. The Morgan fingerprint density at radius 3 is 2.45 bits per heavy atom. The van der Waals surface area contributed by atoms with Crippen LogP contribution in [0.2, 0.25) is 0 Å². The van der Waals surface area contributed by atoms with Crippen LogP contribution in [-0.2, 0) is 9.59 Å². The van der Waals surface area contributed by atoms with E-state index >= 15 is 0 Å². The number of unbranched alkanes of at least 4 members (excludes halogenated alkanes) is 3. The molecule has 0 aliphatic carbocycles. The smallest absolute Gasteiger partial charge is 0.209 e. The minimum absolute atomic E-state index is 0.644. The van der Waals surface area contributed by atoms with Crippen molar-refractivity contribution in [3.05, 3.63) is 0 Å². The molecule has 0 aromatic carbocycles. The molecule has 1 amide bonds. The number of nitrogens with zero attached hydrogens (tertiary/aromatic N) is 1. The van der Waals surface area contributed by atoms with Gasteiger partial charge in [-0.1, -0.05) is 6.42 Å². The van der Waals surface area contributed by atoms with E-state index in [4.69, 9.17) is 0 Å². The molecular formula is C8H15NO2. The first-order valence-corrected chi connectivity index (χ1v) is 3.90. The summed E-state index contributed by atoms with van der Waals surface area (Å²) in [5, 5.41) is 0. The summed E-state index contributed by atoms with van der Waals surface area (Å²) in [6.45, 7) is 0.794. The summed E-state index contributed by atoms with van der Waals surface area (Å²) in [6, 6.07) is 0. The third-order valence-electron chi connectivity index (χ3n) is 1.51. The van der Waals surface area contributed by atoms with Gasteiger partial charge in [0.05, 0.1) is 0 Å². The van der Waals surface area contributed by atoms with Crippen LogP contribution in [0.15, 0.2) is 0 Å². The average Bonchev–Trinajstić information content (AvgIpc) is 2.04. The van der Waals surface area contributed by atoms with E-state index in [1.807, 2.05) is 0 Å². The molecule has 11 heavy (non-hydrogen) atoms. The first kappa shape index (κ1) is 10.1. The van der Waals surface area contributed by atoms with E-state index in [-0.39, 0.29) is 0 Å². The van der Waals surface area contributed by atoms with Crippen molar-refractivity contribution in [1.29, 1.82) is 0 Å². The lowest BCUT2D eigenvalue weighted by molar-refractivity contribution is -0.117. The lowest BCUT2D eigenvalue weighted by atomic mass is 10.2. The third-order valence-corrected chi connectivity index (χ3v) is 1.51. The molecule has 64 valence electrons. The predicted molar refractivity (Wildman–Crippen MR) is 43.2 cm³/mol. The molecular weight excluding hydrogens is 142 g/mol. The van der Waals surface area contributed by atoms with Gasteiger partial charge in [-0.25, -0.2) is 0 Å². The monoisotopic (exact) mass is 157 g/mol. The highest BCUT2D eigenvalue weighted by Crippen LogP contribution is 1.97. The van der Waals surface area contributed by atoms with Gasteiger partial charge in [-0.3, -0.25) is 4.79 Å². The van der Waals surface area contributed by atoms with Gasteiger partial charge in [-0.05, 0) is 12.8 Å². The summed E-state index contributed by atoms with van der Waals surface area (Å²) in [6.07, 6.45) is 5.35. The summed E-state index contributed by atoms with van der Waals surface area (Å²) in [5.74, 6) is 0. The normalized spacial score (nSPS) is 9.18. The fourth-order valence-corrected chi connectivity index (χ4v) is 0.818. The van der Waals surface area contributed by atoms with E-state index in [1.54, 1.807) is 11.9 Å². The van der Waals surface area contributed by atoms with E-state index in [0.29, 0.717) is 6.42 Å². The van der Waals surface area contributed by atoms with Crippen LogP contribution in [0.5, 0.6) is 0 Å². The Balaban J connectivity index is 3.01. The highest BCUT2D eigenvalue weighted by Gasteiger charge is 1.92. The highest BCUT2D eigenvalue weighted by atomic mass is 16.1. The van der Waals surface area contributed by atoms with E-state index in [0.717, 1.165) is 38.5 Å². The Labute approximate surface area is 67.4 Å². The number of carbonyl (C=O) groups is 2. The Morgan fingerprint density at radius 2 is 1.91 bits per heavy atom. The van der Waals surface area contributed by atoms with Crippen molar-refractivity contribution in [3.63, 3.8) is 0 Å². The SMILES string of the molecule is CN(C=O)CCCCCC=O. The van der Waals surface area contributed by atoms with Crippen molar-refractivity contribution in [3.8, 4) is 0 Å². The molecule has 0 saturated heterocycles. The highest BCUT2D eigenvalue weighted by molar-refractivity contribution is 5.49. The van der Waals surface area contributed by atoms with Crippen LogP contribution in [0.25, 0.3) is 0 Å². The molecule has 0 saturated carbocycles. The van der Waals surface area contributed by atoms with Crippen molar-refractivity contribution in [2.24, 2.45) is 0 Å². The second-order valence-electron chi connectivity index (χ2n) is 2.60. The molecule has 0 N–H and O–H groups in total. The molecule has 0 aliphatic heterocycles. The van der Waals surface area contributed by atoms with Crippen LogP contribution in [0.4, 0.5) is 0 Å². The lowest BCUT2D eigenvalue weighted by Gasteiger charge is -2.08. The Bertz CT molecular complexity index is 115. The molecule has 3 nitrogen and oxygen atoms in total. The zero-order chi connectivity index (χ0) is 8.53. The molecule has 0 unspecified atom stereocenters. The van der Waals surface area contributed by atoms with Crippen molar-refractivity contribution in [2.75, 3.05) is 13.6 Å². The number of hydrogen-bond acceptors (Lipinski definition) is 2. The Morgan fingerprint density at radius 1 is 1.18 bits per heavy atom. The number of rotatable bonds is 7. The van der Waals surface area contributed by atoms with Gasteiger partial charge in [0.25, 0.3) is 0 Å². The zero-order valence-corrected chi connectivity index (χ0v) is 6.95. The van der Waals surface area contributed by atoms with Gasteiger partial charge in [0.15, 0.2) is 0 Å². The topological polar surface area (TPSA) is 37.4 Å². The maximum Gasteiger partial charge on any atom is 0.209 e. The Hall–Kier alpha value is -0.860. The Kier molecular flexibility index (Phi) is 6.68. The van der Waals surface area contributed by atoms with Gasteiger partial charge in [-0.15, -0.1) is 0 Å². The van der Waals surface area contributed by atoms with Crippen molar-refractivity contribution in [2.45, 2.75) is 25.7 Å². The summed E-state index contributed by atoms with van der Waals surface area (Å²) < 4.78 is 0. The van der Waals surface area contributed by atoms with Crippen LogP contribution in [-0.4, -0.2) is 31.2 Å². The molecule has 0 heterocycles.